The Morgan fingerprint density at radius 1 is 0.633 bits per heavy atom. The first-order chi connectivity index (χ1) is 14.9. The zero-order chi connectivity index (χ0) is 20.2. The van der Waals surface area contributed by atoms with Crippen molar-refractivity contribution in [3.8, 4) is 22.4 Å². The maximum atomic E-state index is 4.66. The Hall–Kier alpha value is -3.87. The van der Waals surface area contributed by atoms with Gasteiger partial charge in [-0.2, -0.15) is 0 Å². The van der Waals surface area contributed by atoms with Crippen LogP contribution in [0.1, 0.15) is 0 Å². The second kappa shape index (κ2) is 8.24. The topological polar surface area (TPSA) is 70.9 Å². The number of aromatic nitrogens is 5. The number of nitrogens with zero attached hydrogens (tertiary/aromatic N) is 7. The molecule has 1 aliphatic rings. The second-order valence-corrected chi connectivity index (χ2v) is 7.09. The smallest absolute Gasteiger partial charge is 0.225 e. The van der Waals surface area contributed by atoms with Crippen molar-refractivity contribution in [2.24, 2.45) is 0 Å². The van der Waals surface area contributed by atoms with Gasteiger partial charge in [0, 0.05) is 62.1 Å². The van der Waals surface area contributed by atoms with Crippen LogP contribution in [0, 0.1) is 0 Å². The van der Waals surface area contributed by atoms with Crippen molar-refractivity contribution in [2.75, 3.05) is 36.0 Å². The maximum absolute atomic E-state index is 4.66. The predicted molar refractivity (Wildman–Crippen MR) is 117 cm³/mol. The molecule has 30 heavy (non-hydrogen) atoms. The van der Waals surface area contributed by atoms with E-state index in [-0.39, 0.29) is 0 Å². The molecule has 1 saturated heterocycles. The summed E-state index contributed by atoms with van der Waals surface area (Å²) in [5.41, 5.74) is 4.07. The highest BCUT2D eigenvalue weighted by molar-refractivity contribution is 5.79. The Bertz CT molecular complexity index is 1100. The lowest BCUT2D eigenvalue weighted by Gasteiger charge is -2.36. The number of benzene rings is 1. The number of hydrogen-bond acceptors (Lipinski definition) is 7. The molecule has 0 unspecified atom stereocenters. The van der Waals surface area contributed by atoms with Crippen LogP contribution in [0.3, 0.4) is 0 Å². The van der Waals surface area contributed by atoms with Gasteiger partial charge in [-0.25, -0.2) is 9.97 Å². The summed E-state index contributed by atoms with van der Waals surface area (Å²) in [5, 5.41) is 9.20. The fourth-order valence-corrected chi connectivity index (χ4v) is 3.69. The first kappa shape index (κ1) is 18.2. The van der Waals surface area contributed by atoms with Crippen LogP contribution in [-0.2, 0) is 0 Å². The van der Waals surface area contributed by atoms with Gasteiger partial charge in [-0.3, -0.25) is 4.98 Å². The van der Waals surface area contributed by atoms with Crippen LogP contribution < -0.4 is 9.80 Å². The van der Waals surface area contributed by atoms with Crippen LogP contribution in [0.2, 0.25) is 0 Å². The Morgan fingerprint density at radius 2 is 1.33 bits per heavy atom. The summed E-state index contributed by atoms with van der Waals surface area (Å²) < 4.78 is 0. The first-order valence-electron chi connectivity index (χ1n) is 9.99. The molecule has 1 aromatic carbocycles. The predicted octanol–water partition coefficient (Wildman–Crippen LogP) is 3.32. The SMILES string of the molecule is c1ccc(-c2cc(-c3ccncc3)c(N3CCN(c4ncccn4)CC3)nn2)cc1. The number of pyridine rings is 1. The zero-order valence-electron chi connectivity index (χ0n) is 16.5. The summed E-state index contributed by atoms with van der Waals surface area (Å²) in [4.78, 5) is 17.4. The molecule has 0 amide bonds. The summed E-state index contributed by atoms with van der Waals surface area (Å²) in [6.07, 6.45) is 7.19. The molecule has 148 valence electrons. The molecule has 0 N–H and O–H groups in total. The first-order valence-corrected chi connectivity index (χ1v) is 9.99. The minimum Gasteiger partial charge on any atom is -0.351 e. The van der Waals surface area contributed by atoms with E-state index < -0.39 is 0 Å². The number of rotatable bonds is 4. The van der Waals surface area contributed by atoms with E-state index in [0.29, 0.717) is 0 Å². The molecule has 4 heterocycles. The van der Waals surface area contributed by atoms with Gasteiger partial charge in [-0.15, -0.1) is 10.2 Å². The van der Waals surface area contributed by atoms with Crippen molar-refractivity contribution in [3.05, 3.63) is 79.4 Å². The van der Waals surface area contributed by atoms with Crippen molar-refractivity contribution in [1.29, 1.82) is 0 Å². The number of piperazine rings is 1. The summed E-state index contributed by atoms with van der Waals surface area (Å²) in [6, 6.07) is 18.1. The lowest BCUT2D eigenvalue weighted by molar-refractivity contribution is 0.632. The van der Waals surface area contributed by atoms with Gasteiger partial charge in [-0.1, -0.05) is 30.3 Å². The molecule has 1 aliphatic heterocycles. The van der Waals surface area contributed by atoms with Crippen LogP contribution in [0.4, 0.5) is 11.8 Å². The third-order valence-corrected chi connectivity index (χ3v) is 5.25. The molecule has 0 radical (unpaired) electrons. The highest BCUT2D eigenvalue weighted by Crippen LogP contribution is 2.32. The summed E-state index contributed by atoms with van der Waals surface area (Å²) >= 11 is 0. The van der Waals surface area contributed by atoms with E-state index in [1.165, 1.54) is 0 Å². The van der Waals surface area contributed by atoms with Crippen molar-refractivity contribution in [2.45, 2.75) is 0 Å². The van der Waals surface area contributed by atoms with Crippen LogP contribution in [0.25, 0.3) is 22.4 Å². The van der Waals surface area contributed by atoms with E-state index >= 15 is 0 Å². The number of hydrogen-bond donors (Lipinski definition) is 0. The highest BCUT2D eigenvalue weighted by Gasteiger charge is 2.23. The minimum absolute atomic E-state index is 0.775. The highest BCUT2D eigenvalue weighted by atomic mass is 15.3. The van der Waals surface area contributed by atoms with Gasteiger partial charge >= 0.3 is 0 Å². The fourth-order valence-electron chi connectivity index (χ4n) is 3.69. The summed E-state index contributed by atoms with van der Waals surface area (Å²) in [6.45, 7) is 3.33. The Balaban J connectivity index is 1.46. The van der Waals surface area contributed by atoms with Crippen molar-refractivity contribution in [3.63, 3.8) is 0 Å². The van der Waals surface area contributed by atoms with E-state index in [2.05, 4.69) is 53.1 Å². The van der Waals surface area contributed by atoms with E-state index in [0.717, 1.165) is 60.3 Å². The van der Waals surface area contributed by atoms with Crippen molar-refractivity contribution in [1.82, 2.24) is 25.1 Å². The van der Waals surface area contributed by atoms with Gasteiger partial charge in [0.25, 0.3) is 0 Å². The van der Waals surface area contributed by atoms with E-state index in [9.17, 15) is 0 Å². The van der Waals surface area contributed by atoms with Crippen molar-refractivity contribution >= 4 is 11.8 Å². The Kier molecular flexibility index (Phi) is 4.99. The Labute approximate surface area is 175 Å². The second-order valence-electron chi connectivity index (χ2n) is 7.09. The zero-order valence-corrected chi connectivity index (χ0v) is 16.5. The molecule has 7 nitrogen and oxygen atoms in total. The molecule has 0 bridgehead atoms. The van der Waals surface area contributed by atoms with Crippen LogP contribution in [-0.4, -0.2) is 51.3 Å². The van der Waals surface area contributed by atoms with E-state index in [1.54, 1.807) is 12.4 Å². The third kappa shape index (κ3) is 3.69. The number of anilines is 2. The van der Waals surface area contributed by atoms with Crippen LogP contribution in [0.5, 0.6) is 0 Å². The lowest BCUT2D eigenvalue weighted by Crippen LogP contribution is -2.47. The summed E-state index contributed by atoms with van der Waals surface area (Å²) in [5.74, 6) is 1.67. The fraction of sp³-hybridized carbons (Fsp3) is 0.174. The van der Waals surface area contributed by atoms with Gasteiger partial charge in [-0.05, 0) is 29.8 Å². The molecule has 4 aromatic rings. The molecule has 0 atom stereocenters. The Morgan fingerprint density at radius 3 is 2.07 bits per heavy atom. The van der Waals surface area contributed by atoms with E-state index in [1.807, 2.05) is 48.8 Å². The molecule has 7 heteroatoms. The van der Waals surface area contributed by atoms with Crippen LogP contribution >= 0.6 is 0 Å². The molecule has 1 fully saturated rings. The molecule has 0 spiro atoms. The maximum Gasteiger partial charge on any atom is 0.225 e. The average molecular weight is 395 g/mol. The molecule has 0 aliphatic carbocycles. The van der Waals surface area contributed by atoms with E-state index in [4.69, 9.17) is 0 Å². The normalized spacial score (nSPS) is 14.0. The van der Waals surface area contributed by atoms with Gasteiger partial charge < -0.3 is 9.80 Å². The lowest BCUT2D eigenvalue weighted by atomic mass is 10.0. The quantitative estimate of drug-likeness (QED) is 0.525. The van der Waals surface area contributed by atoms with Gasteiger partial charge in [0.15, 0.2) is 5.82 Å². The average Bonchev–Trinajstić information content (AvgIpc) is 2.85. The van der Waals surface area contributed by atoms with Crippen molar-refractivity contribution < 1.29 is 0 Å². The third-order valence-electron chi connectivity index (χ3n) is 5.25. The monoisotopic (exact) mass is 395 g/mol. The molecular formula is C23H21N7. The molecule has 0 saturated carbocycles. The summed E-state index contributed by atoms with van der Waals surface area (Å²) in [7, 11) is 0. The van der Waals surface area contributed by atoms with Crippen LogP contribution in [0.15, 0.2) is 79.4 Å². The minimum atomic E-state index is 0.775. The van der Waals surface area contributed by atoms with Gasteiger partial charge in [0.05, 0.1) is 5.69 Å². The standard InChI is InChI=1S/C23H21N7/c1-2-5-19(6-3-1)21-17-20(18-7-11-24-12-8-18)22(28-27-21)29-13-15-30(16-14-29)23-25-9-4-10-26-23/h1-12,17H,13-16H2. The molecule has 3 aromatic heterocycles. The molecule has 5 rings (SSSR count). The van der Waals surface area contributed by atoms with Gasteiger partial charge in [0.1, 0.15) is 0 Å². The molecular weight excluding hydrogens is 374 g/mol. The van der Waals surface area contributed by atoms with Gasteiger partial charge in [0.2, 0.25) is 5.95 Å². The largest absolute Gasteiger partial charge is 0.351 e.